The molecule has 2 heterocycles. The molecular formula is C12H12N2O3. The first kappa shape index (κ1) is 11.4. The average Bonchev–Trinajstić information content (AvgIpc) is 2.29. The molecule has 5 nitrogen and oxygen atoms in total. The van der Waals surface area contributed by atoms with Gasteiger partial charge in [0, 0.05) is 11.9 Å². The van der Waals surface area contributed by atoms with Crippen molar-refractivity contribution >= 4 is 23.8 Å². The van der Waals surface area contributed by atoms with E-state index in [0.717, 1.165) is 5.69 Å². The van der Waals surface area contributed by atoms with Crippen LogP contribution in [0.25, 0.3) is 0 Å². The lowest BCUT2D eigenvalue weighted by atomic mass is 9.96. The monoisotopic (exact) mass is 232 g/mol. The smallest absolute Gasteiger partial charge is 0.322 e. The Labute approximate surface area is 98.5 Å². The van der Waals surface area contributed by atoms with E-state index >= 15 is 0 Å². The van der Waals surface area contributed by atoms with Crippen LogP contribution < -0.4 is 0 Å². The van der Waals surface area contributed by atoms with Gasteiger partial charge in [-0.1, -0.05) is 0 Å². The minimum Gasteiger partial charge on any atom is -0.465 e. The third-order valence-electron chi connectivity index (χ3n) is 2.45. The van der Waals surface area contributed by atoms with E-state index in [1.807, 2.05) is 6.92 Å². The van der Waals surface area contributed by atoms with Gasteiger partial charge < -0.3 is 4.74 Å². The predicted octanol–water partition coefficient (Wildman–Crippen LogP) is 1.47. The average molecular weight is 232 g/mol. The Morgan fingerprint density at radius 3 is 2.94 bits per heavy atom. The Morgan fingerprint density at radius 2 is 2.24 bits per heavy atom. The summed E-state index contributed by atoms with van der Waals surface area (Å²) < 4.78 is 4.82. The zero-order chi connectivity index (χ0) is 12.4. The molecule has 1 aliphatic heterocycles. The van der Waals surface area contributed by atoms with E-state index in [9.17, 15) is 9.59 Å². The highest BCUT2D eigenvalue weighted by molar-refractivity contribution is 6.22. The number of carbonyl (C=O) groups excluding carboxylic acids is 2. The van der Waals surface area contributed by atoms with Gasteiger partial charge in [0.15, 0.2) is 17.5 Å². The van der Waals surface area contributed by atoms with Crippen LogP contribution in [0.3, 0.4) is 0 Å². The minimum absolute atomic E-state index is 0.245. The predicted molar refractivity (Wildman–Crippen MR) is 61.6 cm³/mol. The van der Waals surface area contributed by atoms with E-state index in [4.69, 9.17) is 4.74 Å². The van der Waals surface area contributed by atoms with E-state index in [1.165, 1.54) is 6.21 Å². The molecule has 0 N–H and O–H groups in total. The van der Waals surface area contributed by atoms with Gasteiger partial charge in [-0.25, -0.2) is 9.98 Å². The molecule has 17 heavy (non-hydrogen) atoms. The van der Waals surface area contributed by atoms with Crippen LogP contribution in [0.2, 0.25) is 0 Å². The normalized spacial score (nSPS) is 17.8. The second-order valence-corrected chi connectivity index (χ2v) is 3.70. The maximum absolute atomic E-state index is 12.0. The van der Waals surface area contributed by atoms with E-state index in [-0.39, 0.29) is 12.4 Å². The molecule has 1 aromatic rings. The Morgan fingerprint density at radius 1 is 1.47 bits per heavy atom. The fourth-order valence-electron chi connectivity index (χ4n) is 1.61. The summed E-state index contributed by atoms with van der Waals surface area (Å²) >= 11 is 0. The molecule has 0 radical (unpaired) electrons. The Hall–Kier alpha value is -2.04. The number of aromatic nitrogens is 1. The van der Waals surface area contributed by atoms with Crippen molar-refractivity contribution in [3.63, 3.8) is 0 Å². The van der Waals surface area contributed by atoms with Gasteiger partial charge in [0.2, 0.25) is 0 Å². The number of aryl methyl sites for hydroxylation is 1. The number of rotatable bonds is 2. The highest BCUT2D eigenvalue weighted by atomic mass is 16.5. The zero-order valence-corrected chi connectivity index (χ0v) is 9.64. The molecule has 5 heteroatoms. The van der Waals surface area contributed by atoms with Crippen LogP contribution >= 0.6 is 0 Å². The molecular weight excluding hydrogens is 220 g/mol. The van der Waals surface area contributed by atoms with Gasteiger partial charge in [0.1, 0.15) is 0 Å². The van der Waals surface area contributed by atoms with Crippen molar-refractivity contribution < 1.29 is 14.3 Å². The van der Waals surface area contributed by atoms with Crippen LogP contribution in [0, 0.1) is 12.8 Å². The van der Waals surface area contributed by atoms with E-state index in [1.54, 1.807) is 19.1 Å². The Bertz CT molecular complexity index is 508. The van der Waals surface area contributed by atoms with Gasteiger partial charge in [-0.3, -0.25) is 9.59 Å². The second-order valence-electron chi connectivity index (χ2n) is 3.70. The summed E-state index contributed by atoms with van der Waals surface area (Å²) in [5, 5.41) is 0. The summed E-state index contributed by atoms with van der Waals surface area (Å²) in [4.78, 5) is 31.7. The molecule has 0 saturated carbocycles. The highest BCUT2D eigenvalue weighted by Gasteiger charge is 2.32. The molecule has 1 aliphatic rings. The maximum atomic E-state index is 12.0. The lowest BCUT2D eigenvalue weighted by molar-refractivity contribution is -0.143. The molecule has 1 unspecified atom stereocenters. The zero-order valence-electron chi connectivity index (χ0n) is 9.64. The SMILES string of the molecule is CCOC(=O)C1C=Nc2nc(C)ccc2C1=O. The standard InChI is InChI=1S/C12H12N2O3/c1-3-17-12(16)9-6-13-11-8(10(9)15)5-4-7(2)14-11/h4-6,9H,3H2,1-2H3. The van der Waals surface area contributed by atoms with Crippen molar-refractivity contribution in [2.24, 2.45) is 10.9 Å². The van der Waals surface area contributed by atoms with E-state index in [2.05, 4.69) is 9.98 Å². The number of ether oxygens (including phenoxy) is 1. The van der Waals surface area contributed by atoms with Crippen LogP contribution in [-0.2, 0) is 9.53 Å². The first-order chi connectivity index (χ1) is 8.13. The highest BCUT2D eigenvalue weighted by Crippen LogP contribution is 2.24. The lowest BCUT2D eigenvalue weighted by Crippen LogP contribution is -2.29. The van der Waals surface area contributed by atoms with Crippen LogP contribution in [0.1, 0.15) is 23.0 Å². The van der Waals surface area contributed by atoms with Crippen molar-refractivity contribution in [3.05, 3.63) is 23.4 Å². The maximum Gasteiger partial charge on any atom is 0.322 e. The van der Waals surface area contributed by atoms with Crippen molar-refractivity contribution in [2.45, 2.75) is 13.8 Å². The number of hydrogen-bond acceptors (Lipinski definition) is 5. The van der Waals surface area contributed by atoms with Gasteiger partial charge in [0.25, 0.3) is 0 Å². The van der Waals surface area contributed by atoms with Crippen molar-refractivity contribution in [3.8, 4) is 0 Å². The molecule has 0 amide bonds. The van der Waals surface area contributed by atoms with Gasteiger partial charge >= 0.3 is 5.97 Å². The lowest BCUT2D eigenvalue weighted by Gasteiger charge is -2.15. The summed E-state index contributed by atoms with van der Waals surface area (Å²) in [6.45, 7) is 3.76. The van der Waals surface area contributed by atoms with Crippen LogP contribution in [0.15, 0.2) is 17.1 Å². The number of hydrogen-bond donors (Lipinski definition) is 0. The summed E-state index contributed by atoms with van der Waals surface area (Å²) in [7, 11) is 0. The van der Waals surface area contributed by atoms with E-state index in [0.29, 0.717) is 11.4 Å². The molecule has 0 spiro atoms. The third kappa shape index (κ3) is 2.08. The van der Waals surface area contributed by atoms with Gasteiger partial charge in [-0.2, -0.15) is 0 Å². The first-order valence-electron chi connectivity index (χ1n) is 5.36. The summed E-state index contributed by atoms with van der Waals surface area (Å²) in [6, 6.07) is 3.36. The fourth-order valence-corrected chi connectivity index (χ4v) is 1.61. The largest absolute Gasteiger partial charge is 0.465 e. The Kier molecular flexibility index (Phi) is 2.99. The summed E-state index contributed by atoms with van der Waals surface area (Å²) in [5.74, 6) is -1.43. The quantitative estimate of drug-likeness (QED) is 0.572. The molecule has 88 valence electrons. The van der Waals surface area contributed by atoms with Gasteiger partial charge in [-0.05, 0) is 26.0 Å². The summed E-state index contributed by atoms with van der Waals surface area (Å²) in [5.41, 5.74) is 1.15. The molecule has 2 rings (SSSR count). The molecule has 0 aromatic carbocycles. The summed E-state index contributed by atoms with van der Waals surface area (Å²) in [6.07, 6.45) is 1.30. The third-order valence-corrected chi connectivity index (χ3v) is 2.45. The van der Waals surface area contributed by atoms with Crippen LogP contribution in [0.4, 0.5) is 5.82 Å². The van der Waals surface area contributed by atoms with Gasteiger partial charge in [-0.15, -0.1) is 0 Å². The van der Waals surface area contributed by atoms with Gasteiger partial charge in [0.05, 0.1) is 12.2 Å². The number of fused-ring (bicyclic) bond motifs is 1. The van der Waals surface area contributed by atoms with Crippen molar-refractivity contribution in [2.75, 3.05) is 6.61 Å². The second kappa shape index (κ2) is 4.45. The van der Waals surface area contributed by atoms with E-state index < -0.39 is 11.9 Å². The molecule has 0 bridgehead atoms. The van der Waals surface area contributed by atoms with Crippen molar-refractivity contribution in [1.82, 2.24) is 4.98 Å². The first-order valence-corrected chi connectivity index (χ1v) is 5.36. The number of carbonyl (C=O) groups is 2. The molecule has 1 atom stereocenters. The fraction of sp³-hybridized carbons (Fsp3) is 0.333. The van der Waals surface area contributed by atoms with Crippen LogP contribution in [0.5, 0.6) is 0 Å². The Balaban J connectivity index is 2.34. The number of Topliss-reactive ketones (excluding diaryl/α,β-unsaturated/α-hetero) is 1. The number of ketones is 1. The number of nitrogens with zero attached hydrogens (tertiary/aromatic N) is 2. The minimum atomic E-state index is -0.938. The van der Waals surface area contributed by atoms with Crippen molar-refractivity contribution in [1.29, 1.82) is 0 Å². The topological polar surface area (TPSA) is 68.6 Å². The molecule has 0 fully saturated rings. The molecule has 0 aliphatic carbocycles. The number of pyridine rings is 1. The van der Waals surface area contributed by atoms with Crippen LogP contribution in [-0.4, -0.2) is 29.6 Å². The molecule has 1 aromatic heterocycles. The molecule has 0 saturated heterocycles. The number of esters is 1. The number of aliphatic imine (C=N–C) groups is 1.